The summed E-state index contributed by atoms with van der Waals surface area (Å²) in [6.07, 6.45) is 47.1. The van der Waals surface area contributed by atoms with Crippen LogP contribution in [0.3, 0.4) is 0 Å². The van der Waals surface area contributed by atoms with Crippen molar-refractivity contribution in [2.75, 3.05) is 0 Å². The Bertz CT molecular complexity index is 598. The van der Waals surface area contributed by atoms with Crippen LogP contribution in [0, 0.1) is 0 Å². The number of aliphatic hydroxyl groups excluding tert-OH is 8. The van der Waals surface area contributed by atoms with Gasteiger partial charge in [-0.15, -0.1) is 0 Å². The monoisotopic (exact) mass is 939 g/mol. The second-order valence-electron chi connectivity index (χ2n) is 20.4. The predicted molar refractivity (Wildman–Crippen MR) is 282 cm³/mol. The molecule has 0 bridgehead atoms. The van der Waals surface area contributed by atoms with E-state index >= 15 is 0 Å². The summed E-state index contributed by atoms with van der Waals surface area (Å²) in [5, 5.41) is 72.6. The van der Waals surface area contributed by atoms with Gasteiger partial charge in [-0.05, 0) is 107 Å². The molecule has 0 aliphatic heterocycles. The van der Waals surface area contributed by atoms with Crippen LogP contribution in [0.25, 0.3) is 0 Å². The molecule has 0 rings (SSSR count). The molecule has 0 unspecified atom stereocenters. The molecule has 0 aromatic heterocycles. The largest absolute Gasteiger partial charge is 0.412 e. The third-order valence-corrected chi connectivity index (χ3v) is 12.0. The van der Waals surface area contributed by atoms with E-state index in [1.54, 1.807) is 0 Å². The normalized spacial score (nSPS) is 14.8. The standard InChI is InChI=1S/4C14H30O2.H2O/c4*1-13(15)11-9-7-5-3-4-6-8-10-12-14(2)16;/h4*13-16H,3-12H2,1-2H3;1H2/t4*13-,14-;/m1111./s1. The average molecular weight is 940 g/mol. The van der Waals surface area contributed by atoms with E-state index in [1.165, 1.54) is 205 Å². The second-order valence-corrected chi connectivity index (χ2v) is 20.4. The first-order chi connectivity index (χ1) is 30.5. The van der Waals surface area contributed by atoms with Crippen LogP contribution in [0.5, 0.6) is 0 Å². The molecule has 0 amide bonds. The minimum atomic E-state index is -0.125. The smallest absolute Gasteiger partial charge is 0.0512 e. The minimum Gasteiger partial charge on any atom is -0.412 e. The van der Waals surface area contributed by atoms with Crippen molar-refractivity contribution in [2.45, 2.75) is 361 Å². The van der Waals surface area contributed by atoms with Crippen LogP contribution in [0.15, 0.2) is 0 Å². The van der Waals surface area contributed by atoms with Gasteiger partial charge in [0.1, 0.15) is 0 Å². The summed E-state index contributed by atoms with van der Waals surface area (Å²) in [4.78, 5) is 0. The number of hydrogen-bond acceptors (Lipinski definition) is 8. The van der Waals surface area contributed by atoms with E-state index in [0.29, 0.717) is 0 Å². The summed E-state index contributed by atoms with van der Waals surface area (Å²) in [7, 11) is 0. The maximum absolute atomic E-state index is 9.08. The molecule has 0 fully saturated rings. The first-order valence-corrected chi connectivity index (χ1v) is 28.0. The Morgan fingerprint density at radius 1 is 0.154 bits per heavy atom. The molecule has 0 saturated heterocycles. The van der Waals surface area contributed by atoms with Crippen LogP contribution < -0.4 is 0 Å². The Hall–Kier alpha value is -0.360. The molecule has 0 heterocycles. The fourth-order valence-corrected chi connectivity index (χ4v) is 7.76. The third kappa shape index (κ3) is 90.7. The summed E-state index contributed by atoms with van der Waals surface area (Å²) >= 11 is 0. The van der Waals surface area contributed by atoms with Gasteiger partial charge in [0.15, 0.2) is 0 Å². The van der Waals surface area contributed by atoms with E-state index in [0.717, 1.165) is 51.4 Å². The fourth-order valence-electron chi connectivity index (χ4n) is 7.76. The minimum absolute atomic E-state index is 0. The van der Waals surface area contributed by atoms with Crippen LogP contribution in [-0.4, -0.2) is 95.2 Å². The molecule has 10 N–H and O–H groups in total. The highest BCUT2D eigenvalue weighted by Gasteiger charge is 2.01. The first-order valence-electron chi connectivity index (χ1n) is 28.0. The van der Waals surface area contributed by atoms with Gasteiger partial charge in [-0.2, -0.15) is 0 Å². The Labute approximate surface area is 406 Å². The molecule has 0 aromatic rings. The molecule has 0 aromatic carbocycles. The van der Waals surface area contributed by atoms with Crippen LogP contribution >= 0.6 is 0 Å². The fraction of sp³-hybridized carbons (Fsp3) is 1.00. The van der Waals surface area contributed by atoms with Gasteiger partial charge in [0.05, 0.1) is 48.8 Å². The third-order valence-electron chi connectivity index (χ3n) is 12.0. The van der Waals surface area contributed by atoms with Gasteiger partial charge in [-0.3, -0.25) is 0 Å². The van der Waals surface area contributed by atoms with Gasteiger partial charge in [0.2, 0.25) is 0 Å². The Kier molecular flexibility index (Phi) is 69.8. The number of hydrogen-bond donors (Lipinski definition) is 8. The molecular formula is C56H122O9. The van der Waals surface area contributed by atoms with Gasteiger partial charge in [0.25, 0.3) is 0 Å². The Morgan fingerprint density at radius 2 is 0.215 bits per heavy atom. The lowest BCUT2D eigenvalue weighted by molar-refractivity contribution is 0.179. The number of rotatable bonds is 44. The molecule has 65 heavy (non-hydrogen) atoms. The lowest BCUT2D eigenvalue weighted by atomic mass is 10.0. The summed E-state index contributed by atoms with van der Waals surface area (Å²) in [6.45, 7) is 14.9. The molecule has 9 nitrogen and oxygen atoms in total. The van der Waals surface area contributed by atoms with Crippen LogP contribution in [-0.2, 0) is 0 Å². The van der Waals surface area contributed by atoms with Gasteiger partial charge in [-0.25, -0.2) is 0 Å². The zero-order valence-electron chi connectivity index (χ0n) is 45.0. The topological polar surface area (TPSA) is 193 Å². The quantitative estimate of drug-likeness (QED) is 0.0277. The Balaban J connectivity index is -0.000000245. The van der Waals surface area contributed by atoms with Crippen molar-refractivity contribution < 1.29 is 46.3 Å². The zero-order valence-corrected chi connectivity index (χ0v) is 45.0. The van der Waals surface area contributed by atoms with E-state index in [2.05, 4.69) is 0 Å². The van der Waals surface area contributed by atoms with Crippen molar-refractivity contribution in [3.63, 3.8) is 0 Å². The van der Waals surface area contributed by atoms with Gasteiger partial charge in [0, 0.05) is 0 Å². The lowest BCUT2D eigenvalue weighted by Gasteiger charge is -2.05. The summed E-state index contributed by atoms with van der Waals surface area (Å²) < 4.78 is 0. The van der Waals surface area contributed by atoms with Crippen molar-refractivity contribution in [1.29, 1.82) is 0 Å². The Morgan fingerprint density at radius 3 is 0.277 bits per heavy atom. The van der Waals surface area contributed by atoms with E-state index in [1.807, 2.05) is 55.4 Å². The highest BCUT2D eigenvalue weighted by atomic mass is 16.3. The molecule has 0 aliphatic rings. The first kappa shape index (κ1) is 73.6. The number of aliphatic hydroxyl groups is 8. The van der Waals surface area contributed by atoms with Gasteiger partial charge < -0.3 is 46.3 Å². The molecular weight excluding hydrogens is 817 g/mol. The average Bonchev–Trinajstić information content (AvgIpc) is 3.20. The van der Waals surface area contributed by atoms with Gasteiger partial charge in [-0.1, -0.05) is 205 Å². The summed E-state index contributed by atoms with van der Waals surface area (Å²) in [5.41, 5.74) is 0. The lowest BCUT2D eigenvalue weighted by Crippen LogP contribution is -1.98. The van der Waals surface area contributed by atoms with Crippen molar-refractivity contribution in [3.05, 3.63) is 0 Å². The number of unbranched alkanes of at least 4 members (excludes halogenated alkanes) is 28. The van der Waals surface area contributed by atoms with Crippen LogP contribution in [0.1, 0.15) is 312 Å². The molecule has 0 aliphatic carbocycles. The van der Waals surface area contributed by atoms with Crippen molar-refractivity contribution in [2.24, 2.45) is 0 Å². The highest BCUT2D eigenvalue weighted by Crippen LogP contribution is 2.15. The maximum Gasteiger partial charge on any atom is 0.0512 e. The van der Waals surface area contributed by atoms with E-state index < -0.39 is 0 Å². The van der Waals surface area contributed by atoms with Crippen LogP contribution in [0.4, 0.5) is 0 Å². The van der Waals surface area contributed by atoms with Gasteiger partial charge >= 0.3 is 0 Å². The van der Waals surface area contributed by atoms with Crippen LogP contribution in [0.2, 0.25) is 0 Å². The van der Waals surface area contributed by atoms with E-state index in [4.69, 9.17) is 40.9 Å². The maximum atomic E-state index is 9.08. The predicted octanol–water partition coefficient (Wildman–Crippen LogP) is 13.8. The van der Waals surface area contributed by atoms with E-state index in [-0.39, 0.29) is 54.3 Å². The zero-order chi connectivity index (χ0) is 48.9. The van der Waals surface area contributed by atoms with E-state index in [9.17, 15) is 0 Å². The highest BCUT2D eigenvalue weighted by molar-refractivity contribution is 4.56. The summed E-state index contributed by atoms with van der Waals surface area (Å²) in [5.74, 6) is 0. The molecule has 0 saturated carbocycles. The SMILES string of the molecule is C[C@@H](O)CCCCCCCCCC[C@@H](C)O.C[C@@H](O)CCCCCCCCCC[C@@H](C)O.C[C@@H](O)CCCCCCCCCC[C@@H](C)O.C[C@@H](O)CCCCCCCCCC[C@@H](C)O.O. The molecule has 400 valence electrons. The van der Waals surface area contributed by atoms with Crippen molar-refractivity contribution >= 4 is 0 Å². The molecule has 8 atom stereocenters. The van der Waals surface area contributed by atoms with Crippen molar-refractivity contribution in [3.8, 4) is 0 Å². The summed E-state index contributed by atoms with van der Waals surface area (Å²) in [6, 6.07) is 0. The molecule has 9 heteroatoms. The molecule has 0 radical (unpaired) electrons. The molecule has 0 spiro atoms. The van der Waals surface area contributed by atoms with Crippen molar-refractivity contribution in [1.82, 2.24) is 0 Å². The second kappa shape index (κ2) is 61.7.